The summed E-state index contributed by atoms with van der Waals surface area (Å²) in [5, 5.41) is 3.75. The van der Waals surface area contributed by atoms with Gasteiger partial charge < -0.3 is 15.0 Å². The van der Waals surface area contributed by atoms with E-state index < -0.39 is 6.09 Å². The third kappa shape index (κ3) is 5.18. The number of rotatable bonds is 5. The molecular weight excluding hydrogens is 540 g/mol. The maximum atomic E-state index is 13.9. The third-order valence-corrected chi connectivity index (χ3v) is 8.65. The van der Waals surface area contributed by atoms with E-state index >= 15 is 0 Å². The zero-order valence-electron chi connectivity index (χ0n) is 20.5. The van der Waals surface area contributed by atoms with Gasteiger partial charge >= 0.3 is 6.09 Å². The summed E-state index contributed by atoms with van der Waals surface area (Å²) in [6, 6.07) is 11.5. The van der Waals surface area contributed by atoms with Gasteiger partial charge in [0.05, 0.1) is 15.9 Å². The molecule has 1 aromatic carbocycles. The number of amides is 2. The van der Waals surface area contributed by atoms with Crippen LogP contribution in [-0.2, 0) is 0 Å². The molecule has 2 amide bonds. The average molecular weight is 570 g/mol. The van der Waals surface area contributed by atoms with Crippen molar-refractivity contribution in [1.82, 2.24) is 20.2 Å². The van der Waals surface area contributed by atoms with E-state index in [9.17, 15) is 9.59 Å². The fourth-order valence-corrected chi connectivity index (χ4v) is 6.91. The molecule has 5 rings (SSSR count). The van der Waals surface area contributed by atoms with Crippen molar-refractivity contribution in [3.63, 3.8) is 0 Å². The van der Waals surface area contributed by atoms with Gasteiger partial charge in [0, 0.05) is 29.8 Å². The first-order valence-corrected chi connectivity index (χ1v) is 13.8. The quantitative estimate of drug-likeness (QED) is 0.416. The van der Waals surface area contributed by atoms with Crippen LogP contribution in [0, 0.1) is 31.6 Å². The van der Waals surface area contributed by atoms with E-state index in [2.05, 4.69) is 44.2 Å². The van der Waals surface area contributed by atoms with Crippen LogP contribution < -0.4 is 10.1 Å². The van der Waals surface area contributed by atoms with Gasteiger partial charge in [0.1, 0.15) is 5.69 Å². The molecule has 2 aromatic heterocycles. The zero-order valence-corrected chi connectivity index (χ0v) is 22.9. The fraction of sp³-hybridized carbons (Fsp3) is 0.407. The minimum Gasteiger partial charge on any atom is -0.391 e. The van der Waals surface area contributed by atoms with E-state index in [-0.39, 0.29) is 17.8 Å². The number of nitrogens with zero attached hydrogens (tertiary/aromatic N) is 3. The van der Waals surface area contributed by atoms with E-state index in [0.29, 0.717) is 36.5 Å². The summed E-state index contributed by atoms with van der Waals surface area (Å²) in [5.41, 5.74) is 2.65. The molecule has 4 atom stereocenters. The number of pyridine rings is 1. The van der Waals surface area contributed by atoms with Gasteiger partial charge in [-0.1, -0.05) is 52.7 Å². The SMILES string of the molecule is Cc1cccc(-c2sc(C)nc2C(=O)N2C[C@@H]3CC(C)C[C@@H]3[C@H]2CNC(=O)Oc2cc(Br)ccn2)c1. The predicted octanol–water partition coefficient (Wildman–Crippen LogP) is 5.86. The molecule has 0 bridgehead atoms. The Morgan fingerprint density at radius 1 is 1.22 bits per heavy atom. The number of likely N-dealkylation sites (tertiary alicyclic amines) is 1. The molecule has 2 fully saturated rings. The highest BCUT2D eigenvalue weighted by atomic mass is 79.9. The Balaban J connectivity index is 1.36. The van der Waals surface area contributed by atoms with Gasteiger partial charge in [0.2, 0.25) is 5.88 Å². The minimum atomic E-state index is -0.576. The van der Waals surface area contributed by atoms with Crippen LogP contribution in [0.15, 0.2) is 47.1 Å². The molecule has 1 aliphatic carbocycles. The Morgan fingerprint density at radius 2 is 2.06 bits per heavy atom. The van der Waals surface area contributed by atoms with E-state index in [0.717, 1.165) is 38.3 Å². The molecule has 36 heavy (non-hydrogen) atoms. The highest BCUT2D eigenvalue weighted by Gasteiger charge is 2.48. The smallest absolute Gasteiger partial charge is 0.391 e. The van der Waals surface area contributed by atoms with Gasteiger partial charge in [-0.2, -0.15) is 0 Å². The van der Waals surface area contributed by atoms with Crippen LogP contribution >= 0.6 is 27.3 Å². The summed E-state index contributed by atoms with van der Waals surface area (Å²) < 4.78 is 6.13. The summed E-state index contributed by atoms with van der Waals surface area (Å²) in [6.45, 7) is 7.27. The van der Waals surface area contributed by atoms with Crippen LogP contribution in [0.25, 0.3) is 10.4 Å². The maximum absolute atomic E-state index is 13.9. The number of hydrogen-bond donors (Lipinski definition) is 1. The third-order valence-electron chi connectivity index (χ3n) is 7.14. The van der Waals surface area contributed by atoms with Crippen molar-refractivity contribution in [2.75, 3.05) is 13.1 Å². The largest absolute Gasteiger partial charge is 0.414 e. The van der Waals surface area contributed by atoms with Crippen molar-refractivity contribution in [2.45, 2.75) is 39.7 Å². The normalized spacial score (nSPS) is 22.9. The predicted molar refractivity (Wildman–Crippen MR) is 143 cm³/mol. The Hall–Kier alpha value is -2.78. The molecule has 3 aromatic rings. The zero-order chi connectivity index (χ0) is 25.4. The molecule has 0 spiro atoms. The van der Waals surface area contributed by atoms with Crippen LogP contribution in [0.4, 0.5) is 4.79 Å². The van der Waals surface area contributed by atoms with Crippen LogP contribution in [0.3, 0.4) is 0 Å². The van der Waals surface area contributed by atoms with Gasteiger partial charge in [0.25, 0.3) is 5.91 Å². The fourth-order valence-electron chi connectivity index (χ4n) is 5.69. The standard InChI is InChI=1S/C27H29BrN4O3S/c1-15-5-4-6-18(9-15)25-24(31-17(3)36-25)26(33)32-14-19-10-16(2)11-21(19)22(32)13-30-27(34)35-23-12-20(28)7-8-29-23/h4-9,12,16,19,21-22H,10-11,13-14H2,1-3H3,(H,30,34)/t16?,19-,21-,22+/m0/s1. The molecule has 9 heteroatoms. The number of hydrogen-bond acceptors (Lipinski definition) is 6. The Morgan fingerprint density at radius 3 is 2.83 bits per heavy atom. The number of ether oxygens (including phenoxy) is 1. The molecule has 2 aliphatic rings. The molecule has 3 heterocycles. The van der Waals surface area contributed by atoms with Crippen molar-refractivity contribution >= 4 is 39.3 Å². The lowest BCUT2D eigenvalue weighted by atomic mass is 9.93. The van der Waals surface area contributed by atoms with E-state index in [4.69, 9.17) is 4.74 Å². The second kappa shape index (κ2) is 10.3. The molecule has 188 valence electrons. The summed E-state index contributed by atoms with van der Waals surface area (Å²) >= 11 is 4.90. The van der Waals surface area contributed by atoms with Gasteiger partial charge in [-0.3, -0.25) is 4.79 Å². The van der Waals surface area contributed by atoms with Gasteiger partial charge in [-0.15, -0.1) is 11.3 Å². The number of halogens is 1. The Bertz CT molecular complexity index is 1300. The monoisotopic (exact) mass is 568 g/mol. The number of benzene rings is 1. The molecule has 1 saturated carbocycles. The second-order valence-corrected chi connectivity index (χ2v) is 12.0. The summed E-state index contributed by atoms with van der Waals surface area (Å²) in [5.74, 6) is 1.54. The van der Waals surface area contributed by atoms with E-state index in [1.807, 2.05) is 36.9 Å². The number of nitrogens with one attached hydrogen (secondary N) is 1. The minimum absolute atomic E-state index is 0.0632. The number of aryl methyl sites for hydroxylation is 2. The molecule has 0 radical (unpaired) electrons. The van der Waals surface area contributed by atoms with E-state index in [1.54, 1.807) is 29.7 Å². The van der Waals surface area contributed by atoms with Crippen molar-refractivity contribution in [2.24, 2.45) is 17.8 Å². The molecule has 1 N–H and O–H groups in total. The topological polar surface area (TPSA) is 84.4 Å². The Labute approximate surface area is 223 Å². The van der Waals surface area contributed by atoms with Crippen molar-refractivity contribution < 1.29 is 14.3 Å². The number of aromatic nitrogens is 2. The second-order valence-electron chi connectivity index (χ2n) is 9.89. The lowest BCUT2D eigenvalue weighted by Crippen LogP contribution is -2.46. The van der Waals surface area contributed by atoms with Crippen LogP contribution in [0.1, 0.15) is 40.8 Å². The van der Waals surface area contributed by atoms with Crippen molar-refractivity contribution in [3.8, 4) is 16.3 Å². The first-order chi connectivity index (χ1) is 17.3. The maximum Gasteiger partial charge on any atom is 0.414 e. The molecule has 1 saturated heterocycles. The first kappa shape index (κ1) is 24.9. The number of carbonyl (C=O) groups is 2. The van der Waals surface area contributed by atoms with Crippen molar-refractivity contribution in [3.05, 3.63) is 63.3 Å². The Kier molecular flexibility index (Phi) is 7.12. The van der Waals surface area contributed by atoms with Gasteiger partial charge in [-0.05, 0) is 56.1 Å². The van der Waals surface area contributed by atoms with Crippen LogP contribution in [0.5, 0.6) is 5.88 Å². The lowest BCUT2D eigenvalue weighted by molar-refractivity contribution is 0.0702. The number of carbonyl (C=O) groups excluding carboxylic acids is 2. The number of thiazole rings is 1. The summed E-state index contributed by atoms with van der Waals surface area (Å²) in [7, 11) is 0. The number of fused-ring (bicyclic) bond motifs is 1. The van der Waals surface area contributed by atoms with Crippen LogP contribution in [0.2, 0.25) is 0 Å². The highest BCUT2D eigenvalue weighted by Crippen LogP contribution is 2.45. The van der Waals surface area contributed by atoms with Crippen molar-refractivity contribution in [1.29, 1.82) is 0 Å². The van der Waals surface area contributed by atoms with Gasteiger partial charge in [0.15, 0.2) is 0 Å². The first-order valence-electron chi connectivity index (χ1n) is 12.2. The van der Waals surface area contributed by atoms with Crippen LogP contribution in [-0.4, -0.2) is 46.0 Å². The van der Waals surface area contributed by atoms with Gasteiger partial charge in [-0.25, -0.2) is 14.8 Å². The molecule has 1 aliphatic heterocycles. The lowest BCUT2D eigenvalue weighted by Gasteiger charge is -2.28. The average Bonchev–Trinajstić information content (AvgIpc) is 3.49. The highest BCUT2D eigenvalue weighted by molar-refractivity contribution is 9.10. The summed E-state index contributed by atoms with van der Waals surface area (Å²) in [6.07, 6.45) is 3.13. The summed E-state index contributed by atoms with van der Waals surface area (Å²) in [4.78, 5) is 38.1. The molecule has 1 unspecified atom stereocenters. The molecule has 7 nitrogen and oxygen atoms in total. The van der Waals surface area contributed by atoms with E-state index in [1.165, 1.54) is 0 Å². The molecular formula is C27H29BrN4O3S.